The second-order valence-corrected chi connectivity index (χ2v) is 5.35. The number of rotatable bonds is 4. The Labute approximate surface area is 71.1 Å². The first-order valence-electron chi connectivity index (χ1n) is 3.23. The highest BCUT2D eigenvalue weighted by Gasteiger charge is 2.11. The summed E-state index contributed by atoms with van der Waals surface area (Å²) in [7, 11) is -2.78. The van der Waals surface area contributed by atoms with E-state index in [9.17, 15) is 8.42 Å². The summed E-state index contributed by atoms with van der Waals surface area (Å²) >= 11 is 3.26. The first kappa shape index (κ1) is 10.4. The van der Waals surface area contributed by atoms with Crippen LogP contribution < -0.4 is 0 Å². The molecule has 0 amide bonds. The fourth-order valence-electron chi connectivity index (χ4n) is 0.700. The van der Waals surface area contributed by atoms with Gasteiger partial charge in [-0.2, -0.15) is 0 Å². The van der Waals surface area contributed by atoms with Gasteiger partial charge in [-0.3, -0.25) is 0 Å². The van der Waals surface area contributed by atoms with Crippen LogP contribution in [0.3, 0.4) is 0 Å². The largest absolute Gasteiger partial charge is 0.229 e. The molecule has 0 saturated carbocycles. The van der Waals surface area contributed by atoms with E-state index < -0.39 is 9.84 Å². The normalized spacial score (nSPS) is 15.1. The molecule has 0 bridgehead atoms. The summed E-state index contributed by atoms with van der Waals surface area (Å²) in [5.41, 5.74) is 0. The van der Waals surface area contributed by atoms with Crippen LogP contribution in [-0.2, 0) is 9.84 Å². The Morgan fingerprint density at radius 1 is 1.50 bits per heavy atom. The standard InChI is InChI=1S/C6H13BrO2S/c1-3-6(4-7)5-10(2,8)9/h6H,3-5H2,1-2H3. The molecular formula is C6H13BrO2S. The SMILES string of the molecule is CCC(CBr)CS(C)(=O)=O. The molecule has 0 aliphatic heterocycles. The molecule has 10 heavy (non-hydrogen) atoms. The summed E-state index contributed by atoms with van der Waals surface area (Å²) in [6.45, 7) is 2.00. The monoisotopic (exact) mass is 228 g/mol. The number of halogens is 1. The number of hydrogen-bond acceptors (Lipinski definition) is 2. The number of hydrogen-bond donors (Lipinski definition) is 0. The minimum Gasteiger partial charge on any atom is -0.229 e. The summed E-state index contributed by atoms with van der Waals surface area (Å²) in [4.78, 5) is 0. The van der Waals surface area contributed by atoms with Crippen molar-refractivity contribution >= 4 is 25.8 Å². The maximum Gasteiger partial charge on any atom is 0.147 e. The van der Waals surface area contributed by atoms with Crippen LogP contribution in [0.25, 0.3) is 0 Å². The van der Waals surface area contributed by atoms with Crippen molar-refractivity contribution in [2.24, 2.45) is 5.92 Å². The van der Waals surface area contributed by atoms with Crippen molar-refractivity contribution in [1.29, 1.82) is 0 Å². The molecule has 0 radical (unpaired) electrons. The molecule has 2 nitrogen and oxygen atoms in total. The maximum atomic E-state index is 10.7. The van der Waals surface area contributed by atoms with Gasteiger partial charge in [-0.05, 0) is 5.92 Å². The van der Waals surface area contributed by atoms with E-state index in [1.807, 2.05) is 6.92 Å². The fourth-order valence-corrected chi connectivity index (χ4v) is 2.90. The lowest BCUT2D eigenvalue weighted by Crippen LogP contribution is -2.14. The Morgan fingerprint density at radius 2 is 2.00 bits per heavy atom. The molecule has 0 saturated heterocycles. The molecule has 1 unspecified atom stereocenters. The van der Waals surface area contributed by atoms with Gasteiger partial charge in [-0.25, -0.2) is 8.42 Å². The fraction of sp³-hybridized carbons (Fsp3) is 1.00. The van der Waals surface area contributed by atoms with Crippen molar-refractivity contribution in [3.63, 3.8) is 0 Å². The van der Waals surface area contributed by atoms with Gasteiger partial charge in [0.05, 0.1) is 5.75 Å². The zero-order valence-corrected chi connectivity index (χ0v) is 8.70. The molecule has 0 aromatic heterocycles. The number of sulfone groups is 1. The number of alkyl halides is 1. The average molecular weight is 229 g/mol. The Kier molecular flexibility index (Phi) is 4.52. The van der Waals surface area contributed by atoms with Crippen LogP contribution in [0.2, 0.25) is 0 Å². The Hall–Kier alpha value is 0.430. The Bertz CT molecular complexity index is 170. The third-order valence-corrected chi connectivity index (χ3v) is 3.33. The summed E-state index contributed by atoms with van der Waals surface area (Å²) in [5, 5.41) is 0.774. The van der Waals surface area contributed by atoms with Gasteiger partial charge in [0, 0.05) is 11.6 Å². The predicted octanol–water partition coefficient (Wildman–Crippen LogP) is 1.45. The lowest BCUT2D eigenvalue weighted by atomic mass is 10.2. The first-order chi connectivity index (χ1) is 4.49. The zero-order valence-electron chi connectivity index (χ0n) is 6.30. The first-order valence-corrected chi connectivity index (χ1v) is 6.41. The van der Waals surface area contributed by atoms with Crippen LogP contribution in [0.1, 0.15) is 13.3 Å². The minimum atomic E-state index is -2.78. The predicted molar refractivity (Wildman–Crippen MR) is 47.3 cm³/mol. The molecule has 0 heterocycles. The van der Waals surface area contributed by atoms with Gasteiger partial charge in [-0.1, -0.05) is 29.3 Å². The van der Waals surface area contributed by atoms with Crippen LogP contribution in [-0.4, -0.2) is 25.8 Å². The maximum absolute atomic E-state index is 10.7. The topological polar surface area (TPSA) is 34.1 Å². The van der Waals surface area contributed by atoms with Crippen molar-refractivity contribution in [3.05, 3.63) is 0 Å². The van der Waals surface area contributed by atoms with Crippen molar-refractivity contribution < 1.29 is 8.42 Å². The third-order valence-electron chi connectivity index (χ3n) is 1.33. The van der Waals surface area contributed by atoms with Gasteiger partial charge < -0.3 is 0 Å². The van der Waals surface area contributed by atoms with Gasteiger partial charge in [0.25, 0.3) is 0 Å². The summed E-state index contributed by atoms with van der Waals surface area (Å²) in [6.07, 6.45) is 2.19. The zero-order chi connectivity index (χ0) is 8.20. The van der Waals surface area contributed by atoms with Gasteiger partial charge in [-0.15, -0.1) is 0 Å². The molecule has 0 aromatic carbocycles. The molecule has 62 valence electrons. The highest BCUT2D eigenvalue weighted by Crippen LogP contribution is 2.08. The lowest BCUT2D eigenvalue weighted by Gasteiger charge is -2.07. The van der Waals surface area contributed by atoms with Gasteiger partial charge >= 0.3 is 0 Å². The van der Waals surface area contributed by atoms with E-state index in [0.29, 0.717) is 5.75 Å². The molecule has 0 aromatic rings. The van der Waals surface area contributed by atoms with Gasteiger partial charge in [0.15, 0.2) is 0 Å². The molecular weight excluding hydrogens is 216 g/mol. The second-order valence-electron chi connectivity index (χ2n) is 2.52. The summed E-state index contributed by atoms with van der Waals surface area (Å²) < 4.78 is 21.5. The van der Waals surface area contributed by atoms with E-state index in [1.165, 1.54) is 6.26 Å². The van der Waals surface area contributed by atoms with E-state index in [-0.39, 0.29) is 5.92 Å². The average Bonchev–Trinajstić information content (AvgIpc) is 1.81. The second kappa shape index (κ2) is 4.34. The Balaban J connectivity index is 3.87. The summed E-state index contributed by atoms with van der Waals surface area (Å²) in [6, 6.07) is 0. The lowest BCUT2D eigenvalue weighted by molar-refractivity contribution is 0.574. The molecule has 1 atom stereocenters. The van der Waals surface area contributed by atoms with Crippen molar-refractivity contribution in [1.82, 2.24) is 0 Å². The molecule has 0 fully saturated rings. The highest BCUT2D eigenvalue weighted by atomic mass is 79.9. The molecule has 0 spiro atoms. The van der Waals surface area contributed by atoms with Crippen LogP contribution >= 0.6 is 15.9 Å². The van der Waals surface area contributed by atoms with Crippen molar-refractivity contribution in [2.45, 2.75) is 13.3 Å². The third kappa shape index (κ3) is 5.23. The molecule has 0 aliphatic rings. The van der Waals surface area contributed by atoms with Crippen LogP contribution in [0, 0.1) is 5.92 Å². The van der Waals surface area contributed by atoms with E-state index in [1.54, 1.807) is 0 Å². The van der Waals surface area contributed by atoms with Crippen LogP contribution in [0.4, 0.5) is 0 Å². The Morgan fingerprint density at radius 3 is 2.10 bits per heavy atom. The van der Waals surface area contributed by atoms with E-state index in [4.69, 9.17) is 0 Å². The van der Waals surface area contributed by atoms with Crippen molar-refractivity contribution in [2.75, 3.05) is 17.3 Å². The molecule has 0 N–H and O–H groups in total. The molecule has 4 heteroatoms. The molecule has 0 aliphatic carbocycles. The minimum absolute atomic E-state index is 0.273. The van der Waals surface area contributed by atoms with Crippen LogP contribution in [0.15, 0.2) is 0 Å². The van der Waals surface area contributed by atoms with E-state index >= 15 is 0 Å². The molecule has 0 rings (SSSR count). The van der Waals surface area contributed by atoms with E-state index in [2.05, 4.69) is 15.9 Å². The van der Waals surface area contributed by atoms with Crippen LogP contribution in [0.5, 0.6) is 0 Å². The van der Waals surface area contributed by atoms with Gasteiger partial charge in [0.1, 0.15) is 9.84 Å². The van der Waals surface area contributed by atoms with E-state index in [0.717, 1.165) is 11.8 Å². The quantitative estimate of drug-likeness (QED) is 0.684. The highest BCUT2D eigenvalue weighted by molar-refractivity contribution is 9.09. The summed E-state index contributed by atoms with van der Waals surface area (Å²) in [5.74, 6) is 0.573. The van der Waals surface area contributed by atoms with Gasteiger partial charge in [0.2, 0.25) is 0 Å². The van der Waals surface area contributed by atoms with Crippen molar-refractivity contribution in [3.8, 4) is 0 Å². The smallest absolute Gasteiger partial charge is 0.147 e.